The van der Waals surface area contributed by atoms with Crippen molar-refractivity contribution in [2.75, 3.05) is 20.8 Å². The van der Waals surface area contributed by atoms with Gasteiger partial charge in [0.25, 0.3) is 5.56 Å². The molecule has 39 heavy (non-hydrogen) atoms. The summed E-state index contributed by atoms with van der Waals surface area (Å²) in [5.41, 5.74) is 6.21. The number of rotatable bonds is 7. The van der Waals surface area contributed by atoms with Crippen LogP contribution in [0.15, 0.2) is 94.7 Å². The molecule has 3 aromatic carbocycles. The van der Waals surface area contributed by atoms with Crippen LogP contribution in [0.4, 0.5) is 0 Å². The second-order valence-corrected chi connectivity index (χ2v) is 10.4. The Balaban J connectivity index is 1.59. The van der Waals surface area contributed by atoms with Gasteiger partial charge < -0.3 is 14.2 Å². The van der Waals surface area contributed by atoms with Crippen molar-refractivity contribution in [3.63, 3.8) is 0 Å². The molecule has 4 aromatic rings. The summed E-state index contributed by atoms with van der Waals surface area (Å²) in [5, 5.41) is 0. The lowest BCUT2D eigenvalue weighted by Crippen LogP contribution is -2.38. The third kappa shape index (κ3) is 4.38. The Bertz CT molecular complexity index is 1800. The molecule has 0 saturated carbocycles. The zero-order chi connectivity index (χ0) is 26.9. The maximum absolute atomic E-state index is 14.1. The minimum Gasteiger partial charge on any atom is -0.493 e. The number of hydrogen-bond donors (Lipinski definition) is 0. The molecular formula is C32H28N2O4S. The Kier molecular flexibility index (Phi) is 6.67. The molecule has 196 valence electrons. The van der Waals surface area contributed by atoms with Gasteiger partial charge in [0.2, 0.25) is 0 Å². The maximum Gasteiger partial charge on any atom is 0.271 e. The number of aromatic nitrogens is 1. The summed E-state index contributed by atoms with van der Waals surface area (Å²) in [5.74, 6) is 1.97. The van der Waals surface area contributed by atoms with Gasteiger partial charge in [0.1, 0.15) is 12.4 Å². The molecule has 0 unspecified atom stereocenters. The molecule has 6 nitrogen and oxygen atoms in total. The van der Waals surface area contributed by atoms with Crippen LogP contribution < -0.4 is 29.1 Å². The summed E-state index contributed by atoms with van der Waals surface area (Å²) in [4.78, 5) is 19.8. The largest absolute Gasteiger partial charge is 0.493 e. The molecule has 1 atom stereocenters. The number of methoxy groups -OCH3 is 2. The van der Waals surface area contributed by atoms with E-state index in [0.717, 1.165) is 40.8 Å². The fourth-order valence-electron chi connectivity index (χ4n) is 5.37. The smallest absolute Gasteiger partial charge is 0.271 e. The quantitative estimate of drug-likeness (QED) is 0.315. The van der Waals surface area contributed by atoms with Gasteiger partial charge in [-0.05, 0) is 53.8 Å². The molecule has 6 rings (SSSR count). The fraction of sp³-hybridized carbons (Fsp3) is 0.188. The van der Waals surface area contributed by atoms with Crippen LogP contribution in [-0.2, 0) is 6.42 Å². The van der Waals surface area contributed by atoms with E-state index in [1.54, 1.807) is 20.3 Å². The van der Waals surface area contributed by atoms with Crippen molar-refractivity contribution >= 4 is 23.1 Å². The number of allylic oxidation sites excluding steroid dienone is 1. The first kappa shape index (κ1) is 24.9. The van der Waals surface area contributed by atoms with Crippen molar-refractivity contribution in [2.45, 2.75) is 18.9 Å². The van der Waals surface area contributed by atoms with Gasteiger partial charge >= 0.3 is 0 Å². The Morgan fingerprint density at radius 1 is 1.00 bits per heavy atom. The normalized spacial score (nSPS) is 16.1. The first-order valence-corrected chi connectivity index (χ1v) is 13.6. The monoisotopic (exact) mass is 536 g/mol. The van der Waals surface area contributed by atoms with Gasteiger partial charge in [-0.25, -0.2) is 4.99 Å². The average Bonchev–Trinajstić information content (AvgIpc) is 3.29. The Morgan fingerprint density at radius 2 is 1.79 bits per heavy atom. The predicted octanol–water partition coefficient (Wildman–Crippen LogP) is 4.90. The van der Waals surface area contributed by atoms with E-state index < -0.39 is 0 Å². The lowest BCUT2D eigenvalue weighted by molar-refractivity contribution is 0.354. The number of thiazole rings is 1. The van der Waals surface area contributed by atoms with Crippen molar-refractivity contribution in [1.82, 2.24) is 4.57 Å². The molecule has 0 fully saturated rings. The van der Waals surface area contributed by atoms with Crippen molar-refractivity contribution in [3.05, 3.63) is 127 Å². The molecule has 0 amide bonds. The van der Waals surface area contributed by atoms with Crippen LogP contribution in [0.1, 0.15) is 34.7 Å². The van der Waals surface area contributed by atoms with Crippen LogP contribution in [0.2, 0.25) is 0 Å². The molecule has 1 aromatic heterocycles. The fourth-order valence-corrected chi connectivity index (χ4v) is 6.36. The highest BCUT2D eigenvalue weighted by Gasteiger charge is 2.33. The zero-order valence-electron chi connectivity index (χ0n) is 21.8. The van der Waals surface area contributed by atoms with E-state index in [1.807, 2.05) is 59.2 Å². The molecule has 0 N–H and O–H groups in total. The van der Waals surface area contributed by atoms with Crippen molar-refractivity contribution < 1.29 is 14.2 Å². The van der Waals surface area contributed by atoms with E-state index >= 15 is 0 Å². The van der Waals surface area contributed by atoms with E-state index in [-0.39, 0.29) is 11.6 Å². The first-order chi connectivity index (χ1) is 19.1. The molecule has 0 spiro atoms. The average molecular weight is 537 g/mol. The Hall–Kier alpha value is -4.36. The molecule has 7 heteroatoms. The zero-order valence-corrected chi connectivity index (χ0v) is 22.7. The minimum absolute atomic E-state index is 0.0810. The molecule has 1 aliphatic heterocycles. The molecule has 2 aliphatic rings. The van der Waals surface area contributed by atoms with Crippen LogP contribution in [0.3, 0.4) is 0 Å². The summed E-state index contributed by atoms with van der Waals surface area (Å²) in [6.45, 7) is 4.13. The lowest BCUT2D eigenvalue weighted by atomic mass is 9.83. The van der Waals surface area contributed by atoms with Crippen molar-refractivity contribution in [3.8, 4) is 17.2 Å². The van der Waals surface area contributed by atoms with Gasteiger partial charge in [-0.2, -0.15) is 0 Å². The van der Waals surface area contributed by atoms with Crippen LogP contribution in [0.25, 0.3) is 11.8 Å². The number of ether oxygens (including phenoxy) is 3. The summed E-state index contributed by atoms with van der Waals surface area (Å²) < 4.78 is 19.4. The molecule has 0 bridgehead atoms. The number of benzene rings is 3. The van der Waals surface area contributed by atoms with Gasteiger partial charge in [0.15, 0.2) is 16.3 Å². The number of aryl methyl sites for hydroxylation is 1. The molecule has 0 saturated heterocycles. The second-order valence-electron chi connectivity index (χ2n) is 9.37. The number of hydrogen-bond acceptors (Lipinski definition) is 6. The highest BCUT2D eigenvalue weighted by atomic mass is 32.1. The van der Waals surface area contributed by atoms with Crippen LogP contribution in [0.5, 0.6) is 17.2 Å². The summed E-state index contributed by atoms with van der Waals surface area (Å²) >= 11 is 1.40. The maximum atomic E-state index is 14.1. The molecule has 0 radical (unpaired) electrons. The molecular weight excluding hydrogens is 508 g/mol. The highest BCUT2D eigenvalue weighted by molar-refractivity contribution is 7.07. The predicted molar refractivity (Wildman–Crippen MR) is 154 cm³/mol. The van der Waals surface area contributed by atoms with E-state index in [1.165, 1.54) is 16.9 Å². The van der Waals surface area contributed by atoms with Crippen LogP contribution in [-0.4, -0.2) is 25.4 Å². The van der Waals surface area contributed by atoms with E-state index in [4.69, 9.17) is 19.2 Å². The van der Waals surface area contributed by atoms with Crippen molar-refractivity contribution in [2.24, 2.45) is 4.99 Å². The summed E-state index contributed by atoms with van der Waals surface area (Å²) in [6.07, 6.45) is 5.31. The SMILES string of the molecule is C=CCOc1ccccc1/C=c1\sc2n(c1=O)[C@H](c1ccc(OC)c(OC)c1)C1=C(N=2)c2ccccc2CC1. The number of nitrogens with zero attached hydrogens (tertiary/aromatic N) is 2. The minimum atomic E-state index is -0.307. The van der Waals surface area contributed by atoms with Crippen molar-refractivity contribution in [1.29, 1.82) is 0 Å². The third-order valence-electron chi connectivity index (χ3n) is 7.16. The van der Waals surface area contributed by atoms with E-state index in [0.29, 0.717) is 33.2 Å². The van der Waals surface area contributed by atoms with Gasteiger partial charge in [0.05, 0.1) is 30.5 Å². The first-order valence-electron chi connectivity index (χ1n) is 12.8. The lowest BCUT2D eigenvalue weighted by Gasteiger charge is -2.31. The summed E-state index contributed by atoms with van der Waals surface area (Å²) in [7, 11) is 3.25. The number of fused-ring (bicyclic) bond motifs is 3. The van der Waals surface area contributed by atoms with Crippen LogP contribution >= 0.6 is 11.3 Å². The summed E-state index contributed by atoms with van der Waals surface area (Å²) in [6, 6.07) is 21.7. The van der Waals surface area contributed by atoms with E-state index in [9.17, 15) is 4.79 Å². The molecule has 1 aliphatic carbocycles. The number of para-hydroxylation sites is 1. The Labute approximate surface area is 230 Å². The van der Waals surface area contributed by atoms with Gasteiger partial charge in [-0.1, -0.05) is 72.5 Å². The van der Waals surface area contributed by atoms with Crippen LogP contribution in [0, 0.1) is 0 Å². The third-order valence-corrected chi connectivity index (χ3v) is 8.14. The highest BCUT2D eigenvalue weighted by Crippen LogP contribution is 2.42. The topological polar surface area (TPSA) is 62.0 Å². The Morgan fingerprint density at radius 3 is 2.62 bits per heavy atom. The van der Waals surface area contributed by atoms with Gasteiger partial charge in [-0.3, -0.25) is 9.36 Å². The molecule has 2 heterocycles. The standard InChI is InChI=1S/C32H28N2O4S/c1-4-17-38-25-12-8-6-10-21(25)19-28-31(35)34-30(22-14-16-26(36-2)27(18-22)37-3)24-15-13-20-9-5-7-11-23(20)29(24)33-32(34)39-28/h4-12,14,16,18-19,30H,1,13,15,17H2,2-3H3/b28-19-/t30-/m1/s1. The van der Waals surface area contributed by atoms with Gasteiger partial charge in [0, 0.05) is 11.1 Å². The second kappa shape index (κ2) is 10.4. The van der Waals surface area contributed by atoms with E-state index in [2.05, 4.69) is 24.8 Å². The van der Waals surface area contributed by atoms with Gasteiger partial charge in [-0.15, -0.1) is 0 Å².